The Morgan fingerprint density at radius 3 is 3.00 bits per heavy atom. The van der Waals surface area contributed by atoms with Gasteiger partial charge in [-0.25, -0.2) is 9.97 Å². The number of hydrogen-bond donors (Lipinski definition) is 1. The fourth-order valence-electron chi connectivity index (χ4n) is 1.57. The fraction of sp³-hybridized carbons (Fsp3) is 0.300. The van der Waals surface area contributed by atoms with Crippen molar-refractivity contribution in [2.45, 2.75) is 6.92 Å². The molecule has 6 heteroatoms. The molecular formula is C10H11N3O2S. The van der Waals surface area contributed by atoms with E-state index < -0.39 is 5.97 Å². The van der Waals surface area contributed by atoms with Gasteiger partial charge in [0.1, 0.15) is 23.5 Å². The molecule has 0 saturated carbocycles. The second-order valence-corrected chi connectivity index (χ2v) is 4.40. The highest BCUT2D eigenvalue weighted by atomic mass is 32.1. The van der Waals surface area contributed by atoms with E-state index in [9.17, 15) is 4.79 Å². The molecule has 0 radical (unpaired) electrons. The molecule has 84 valence electrons. The van der Waals surface area contributed by atoms with Crippen LogP contribution in [0.15, 0.2) is 11.7 Å². The Bertz CT molecular complexity index is 538. The maximum atomic E-state index is 10.7. The Morgan fingerprint density at radius 1 is 1.56 bits per heavy atom. The van der Waals surface area contributed by atoms with E-state index in [0.29, 0.717) is 5.82 Å². The lowest BCUT2D eigenvalue weighted by Crippen LogP contribution is -2.26. The van der Waals surface area contributed by atoms with Gasteiger partial charge in [0.25, 0.3) is 0 Å². The minimum Gasteiger partial charge on any atom is -0.480 e. The number of carboxylic acids is 1. The van der Waals surface area contributed by atoms with Crippen LogP contribution in [0, 0.1) is 6.92 Å². The highest BCUT2D eigenvalue weighted by Gasteiger charge is 2.13. The number of fused-ring (bicyclic) bond motifs is 1. The standard InChI is InChI=1S/C10H11N3O2S/c1-6-4-16-10-8(6)9(11-5-12-10)13(2)3-7(14)15/h4-5H,3H2,1-2H3,(H,14,15). The number of anilines is 1. The van der Waals surface area contributed by atoms with Gasteiger partial charge in [0.05, 0.1) is 5.39 Å². The SMILES string of the molecule is Cc1csc2ncnc(N(C)CC(=O)O)c12. The lowest BCUT2D eigenvalue weighted by Gasteiger charge is -2.16. The van der Waals surface area contributed by atoms with Crippen molar-refractivity contribution in [3.05, 3.63) is 17.3 Å². The van der Waals surface area contributed by atoms with E-state index in [1.54, 1.807) is 11.9 Å². The molecule has 0 unspecified atom stereocenters. The van der Waals surface area contributed by atoms with E-state index >= 15 is 0 Å². The molecule has 2 rings (SSSR count). The van der Waals surface area contributed by atoms with E-state index in [0.717, 1.165) is 15.8 Å². The first-order chi connectivity index (χ1) is 7.59. The number of carbonyl (C=O) groups is 1. The van der Waals surface area contributed by atoms with Crippen LogP contribution >= 0.6 is 11.3 Å². The van der Waals surface area contributed by atoms with E-state index in [1.807, 2.05) is 12.3 Å². The number of rotatable bonds is 3. The number of likely N-dealkylation sites (N-methyl/N-ethyl adjacent to an activating group) is 1. The second kappa shape index (κ2) is 4.05. The summed E-state index contributed by atoms with van der Waals surface area (Å²) in [5.74, 6) is -0.201. The molecule has 0 saturated heterocycles. The van der Waals surface area contributed by atoms with Crippen LogP contribution < -0.4 is 4.90 Å². The number of aryl methyl sites for hydroxylation is 1. The van der Waals surface area contributed by atoms with Crippen LogP contribution in [0.2, 0.25) is 0 Å². The van der Waals surface area contributed by atoms with Crippen LogP contribution in [0.1, 0.15) is 5.56 Å². The average Bonchev–Trinajstić information content (AvgIpc) is 2.59. The Kier molecular flexibility index (Phi) is 2.74. The van der Waals surface area contributed by atoms with Crippen molar-refractivity contribution in [3.63, 3.8) is 0 Å². The van der Waals surface area contributed by atoms with Crippen LogP contribution in [0.25, 0.3) is 10.2 Å². The molecule has 1 N–H and O–H groups in total. The van der Waals surface area contributed by atoms with E-state index in [1.165, 1.54) is 17.7 Å². The summed E-state index contributed by atoms with van der Waals surface area (Å²) in [5, 5.41) is 11.7. The number of aromatic nitrogens is 2. The summed E-state index contributed by atoms with van der Waals surface area (Å²) in [6, 6.07) is 0. The third-order valence-electron chi connectivity index (χ3n) is 2.27. The van der Waals surface area contributed by atoms with Crippen LogP contribution in [-0.4, -0.2) is 34.6 Å². The molecule has 5 nitrogen and oxygen atoms in total. The van der Waals surface area contributed by atoms with Crippen LogP contribution in [0.5, 0.6) is 0 Å². The Hall–Kier alpha value is -1.69. The lowest BCUT2D eigenvalue weighted by atomic mass is 10.2. The Morgan fingerprint density at radius 2 is 2.31 bits per heavy atom. The Labute approximate surface area is 96.4 Å². The van der Waals surface area contributed by atoms with Crippen LogP contribution in [0.4, 0.5) is 5.82 Å². The van der Waals surface area contributed by atoms with Gasteiger partial charge in [0.2, 0.25) is 0 Å². The van der Waals surface area contributed by atoms with Crippen molar-refractivity contribution in [3.8, 4) is 0 Å². The molecule has 0 aliphatic rings. The molecule has 16 heavy (non-hydrogen) atoms. The summed E-state index contributed by atoms with van der Waals surface area (Å²) in [5.41, 5.74) is 1.08. The predicted molar refractivity (Wildman–Crippen MR) is 63.1 cm³/mol. The largest absolute Gasteiger partial charge is 0.480 e. The van der Waals surface area contributed by atoms with Crippen molar-refractivity contribution >= 4 is 33.3 Å². The maximum Gasteiger partial charge on any atom is 0.323 e. The van der Waals surface area contributed by atoms with Crippen molar-refractivity contribution < 1.29 is 9.90 Å². The van der Waals surface area contributed by atoms with Crippen LogP contribution in [0.3, 0.4) is 0 Å². The molecule has 0 spiro atoms. The van der Waals surface area contributed by atoms with Gasteiger partial charge < -0.3 is 10.0 Å². The third kappa shape index (κ3) is 1.83. The number of thiophene rings is 1. The number of hydrogen-bond acceptors (Lipinski definition) is 5. The minimum absolute atomic E-state index is 0.0681. The molecule has 2 aromatic heterocycles. The van der Waals surface area contributed by atoms with Crippen molar-refractivity contribution in [1.82, 2.24) is 9.97 Å². The van der Waals surface area contributed by atoms with Gasteiger partial charge in [-0.1, -0.05) is 0 Å². The molecular weight excluding hydrogens is 226 g/mol. The molecule has 0 bridgehead atoms. The normalized spacial score (nSPS) is 10.6. The van der Waals surface area contributed by atoms with Gasteiger partial charge in [-0.3, -0.25) is 4.79 Å². The van der Waals surface area contributed by atoms with Crippen LogP contribution in [-0.2, 0) is 4.79 Å². The summed E-state index contributed by atoms with van der Waals surface area (Å²) >= 11 is 1.54. The first kappa shape index (κ1) is 10.8. The molecule has 0 aliphatic carbocycles. The molecule has 0 atom stereocenters. The number of carboxylic acid groups (broad SMARTS) is 1. The van der Waals surface area contributed by atoms with Gasteiger partial charge >= 0.3 is 5.97 Å². The van der Waals surface area contributed by atoms with Gasteiger partial charge in [0, 0.05) is 7.05 Å². The summed E-state index contributed by atoms with van der Waals surface area (Å²) in [4.78, 5) is 21.5. The summed E-state index contributed by atoms with van der Waals surface area (Å²) in [6.45, 7) is 1.90. The fourth-order valence-corrected chi connectivity index (χ4v) is 2.45. The molecule has 2 aromatic rings. The topological polar surface area (TPSA) is 66.3 Å². The molecule has 0 fully saturated rings. The first-order valence-electron chi connectivity index (χ1n) is 4.71. The quantitative estimate of drug-likeness (QED) is 0.876. The van der Waals surface area contributed by atoms with Gasteiger partial charge in [-0.15, -0.1) is 11.3 Å². The van der Waals surface area contributed by atoms with Gasteiger partial charge in [-0.05, 0) is 17.9 Å². The zero-order chi connectivity index (χ0) is 11.7. The summed E-state index contributed by atoms with van der Waals surface area (Å²) in [6.07, 6.45) is 1.46. The lowest BCUT2D eigenvalue weighted by molar-refractivity contribution is -0.135. The number of nitrogens with zero attached hydrogens (tertiary/aromatic N) is 3. The molecule has 0 amide bonds. The van der Waals surface area contributed by atoms with Crippen molar-refractivity contribution in [1.29, 1.82) is 0 Å². The predicted octanol–water partition coefficient (Wildman–Crippen LogP) is 1.52. The van der Waals surface area contributed by atoms with Crippen molar-refractivity contribution in [2.75, 3.05) is 18.5 Å². The van der Waals surface area contributed by atoms with E-state index in [2.05, 4.69) is 9.97 Å². The highest BCUT2D eigenvalue weighted by Crippen LogP contribution is 2.29. The van der Waals surface area contributed by atoms with Crippen molar-refractivity contribution in [2.24, 2.45) is 0 Å². The molecule has 2 heterocycles. The second-order valence-electron chi connectivity index (χ2n) is 3.55. The highest BCUT2D eigenvalue weighted by molar-refractivity contribution is 7.17. The third-order valence-corrected chi connectivity index (χ3v) is 3.27. The maximum absolute atomic E-state index is 10.7. The minimum atomic E-state index is -0.873. The molecule has 0 aliphatic heterocycles. The average molecular weight is 237 g/mol. The molecule has 0 aromatic carbocycles. The van der Waals surface area contributed by atoms with Gasteiger partial charge in [-0.2, -0.15) is 0 Å². The van der Waals surface area contributed by atoms with E-state index in [4.69, 9.17) is 5.11 Å². The number of aliphatic carboxylic acids is 1. The smallest absolute Gasteiger partial charge is 0.323 e. The summed E-state index contributed by atoms with van der Waals surface area (Å²) < 4.78 is 0. The van der Waals surface area contributed by atoms with E-state index in [-0.39, 0.29) is 6.54 Å². The van der Waals surface area contributed by atoms with Gasteiger partial charge in [0.15, 0.2) is 0 Å². The zero-order valence-electron chi connectivity index (χ0n) is 8.97. The zero-order valence-corrected chi connectivity index (χ0v) is 9.78. The monoisotopic (exact) mass is 237 g/mol. The summed E-state index contributed by atoms with van der Waals surface area (Å²) in [7, 11) is 1.72. The first-order valence-corrected chi connectivity index (χ1v) is 5.59. The Balaban J connectivity index is 2.50.